The number of aliphatic carboxylic acids is 1. The number of nitrogens with one attached hydrogen (secondary N) is 2. The number of hydrogen-bond donors (Lipinski definition) is 9. The maximum absolute atomic E-state index is 12.9. The summed E-state index contributed by atoms with van der Waals surface area (Å²) in [6.45, 7) is -0.238. The highest BCUT2D eigenvalue weighted by atomic mass is 35.5. The topological polar surface area (TPSA) is 228 Å². The third-order valence-corrected chi connectivity index (χ3v) is 5.83. The van der Waals surface area contributed by atoms with E-state index in [1.54, 1.807) is 12.1 Å². The summed E-state index contributed by atoms with van der Waals surface area (Å²) in [6.07, 6.45) is -3.55. The summed E-state index contributed by atoms with van der Waals surface area (Å²) in [6, 6.07) is 4.10. The van der Waals surface area contributed by atoms with E-state index in [1.165, 1.54) is 24.3 Å². The standard InChI is InChI=1S/C23H28N4O8.2ClH/c24-9-13(28)8-16-22(33)27-19(23(34)35)20(31)14-6-11(2-4-18(14)30)10-1-3-17(29)12(5-10)7-15(25)21(32)26-16;;/h1-6,13,15-16,19-20,28-31H,7-9,24-25H2,(H,26,32)(H,27,33)(H,34,35);2*1H/t13-,15-,16-,19-,20+;;/m0../s1. The summed E-state index contributed by atoms with van der Waals surface area (Å²) in [7, 11) is 0. The van der Waals surface area contributed by atoms with E-state index in [2.05, 4.69) is 10.6 Å². The van der Waals surface area contributed by atoms with Gasteiger partial charge in [0.25, 0.3) is 0 Å². The Labute approximate surface area is 224 Å². The lowest BCUT2D eigenvalue weighted by Gasteiger charge is -2.26. The first-order chi connectivity index (χ1) is 16.5. The van der Waals surface area contributed by atoms with Gasteiger partial charge >= 0.3 is 5.97 Å². The minimum atomic E-state index is -1.91. The molecule has 11 N–H and O–H groups in total. The first kappa shape index (κ1) is 31.9. The van der Waals surface area contributed by atoms with E-state index in [0.717, 1.165) is 0 Å². The van der Waals surface area contributed by atoms with Crippen molar-refractivity contribution in [1.82, 2.24) is 10.6 Å². The van der Waals surface area contributed by atoms with Gasteiger partial charge in [0.2, 0.25) is 11.8 Å². The average Bonchev–Trinajstić information content (AvgIpc) is 2.82. The summed E-state index contributed by atoms with van der Waals surface area (Å²) in [5.74, 6) is -3.94. The molecule has 2 aromatic rings. The van der Waals surface area contributed by atoms with Gasteiger partial charge in [-0.05, 0) is 41.0 Å². The van der Waals surface area contributed by atoms with Gasteiger partial charge in [-0.1, -0.05) is 12.1 Å². The molecule has 0 radical (unpaired) electrons. The number of phenols is 2. The number of amides is 2. The second-order valence-corrected chi connectivity index (χ2v) is 8.38. The van der Waals surface area contributed by atoms with Gasteiger partial charge in [-0.15, -0.1) is 24.8 Å². The Hall–Kier alpha value is -3.13. The van der Waals surface area contributed by atoms with E-state index >= 15 is 0 Å². The Morgan fingerprint density at radius 3 is 2.19 bits per heavy atom. The Balaban J connectivity index is 0.00000342. The first-order valence-corrected chi connectivity index (χ1v) is 10.8. The van der Waals surface area contributed by atoms with Crippen molar-refractivity contribution in [2.45, 2.75) is 43.2 Å². The van der Waals surface area contributed by atoms with E-state index in [0.29, 0.717) is 16.7 Å². The second kappa shape index (κ2) is 13.4. The fourth-order valence-corrected chi connectivity index (χ4v) is 3.82. The fraction of sp³-hybridized carbons (Fsp3) is 0.348. The molecule has 0 aliphatic carbocycles. The summed E-state index contributed by atoms with van der Waals surface area (Å²) in [4.78, 5) is 37.6. The lowest BCUT2D eigenvalue weighted by atomic mass is 9.94. The molecule has 5 atom stereocenters. The van der Waals surface area contributed by atoms with E-state index in [4.69, 9.17) is 11.5 Å². The predicted octanol–water partition coefficient (Wildman–Crippen LogP) is -0.711. The van der Waals surface area contributed by atoms with Crippen LogP contribution in [0.2, 0.25) is 0 Å². The molecule has 204 valence electrons. The van der Waals surface area contributed by atoms with E-state index in [9.17, 15) is 39.9 Å². The van der Waals surface area contributed by atoms with E-state index in [1.807, 2.05) is 0 Å². The van der Waals surface area contributed by atoms with Gasteiger partial charge in [-0.3, -0.25) is 9.59 Å². The predicted molar refractivity (Wildman–Crippen MR) is 138 cm³/mol. The van der Waals surface area contributed by atoms with Gasteiger partial charge < -0.3 is 47.6 Å². The molecule has 0 unspecified atom stereocenters. The molecule has 2 amide bonds. The average molecular weight is 561 g/mol. The quantitative estimate of drug-likeness (QED) is 0.228. The summed E-state index contributed by atoms with van der Waals surface area (Å²) < 4.78 is 0. The molecule has 14 heteroatoms. The zero-order chi connectivity index (χ0) is 25.9. The van der Waals surface area contributed by atoms with Gasteiger partial charge in [0.1, 0.15) is 23.6 Å². The summed E-state index contributed by atoms with van der Waals surface area (Å²) in [5.41, 5.74) is 12.6. The lowest BCUT2D eigenvalue weighted by Crippen LogP contribution is -2.56. The molecule has 37 heavy (non-hydrogen) atoms. The monoisotopic (exact) mass is 560 g/mol. The number of aliphatic hydroxyl groups excluding tert-OH is 2. The van der Waals surface area contributed by atoms with Crippen molar-refractivity contribution in [3.05, 3.63) is 47.5 Å². The Bertz CT molecular complexity index is 1140. The van der Waals surface area contributed by atoms with Crippen LogP contribution in [0, 0.1) is 0 Å². The highest BCUT2D eigenvalue weighted by molar-refractivity contribution is 5.92. The zero-order valence-electron chi connectivity index (χ0n) is 19.4. The largest absolute Gasteiger partial charge is 0.508 e. The maximum Gasteiger partial charge on any atom is 0.329 e. The SMILES string of the molecule is Cl.Cl.NC[C@@H](O)C[C@@H]1NC(=O)[C@@H](N)Cc2cc(ccc2O)-c2ccc(O)c(c2)[C@@H](O)[C@@H](C(=O)O)NC1=O. The maximum atomic E-state index is 12.9. The molecule has 4 bridgehead atoms. The molecule has 0 aromatic heterocycles. The number of carboxylic acids is 1. The van der Waals surface area contributed by atoms with Crippen molar-refractivity contribution < 1.29 is 39.9 Å². The van der Waals surface area contributed by atoms with Crippen molar-refractivity contribution in [2.75, 3.05) is 6.54 Å². The van der Waals surface area contributed by atoms with Crippen molar-refractivity contribution in [3.8, 4) is 22.6 Å². The molecule has 1 aliphatic rings. The molecule has 1 aliphatic heterocycles. The Kier molecular flexibility index (Phi) is 11.6. The smallest absolute Gasteiger partial charge is 0.329 e. The normalized spacial score (nSPS) is 22.6. The number of aromatic hydroxyl groups is 2. The molecule has 0 fully saturated rings. The molecule has 2 aromatic carbocycles. The number of carbonyl (C=O) groups is 3. The highest BCUT2D eigenvalue weighted by Crippen LogP contribution is 2.33. The molecular weight excluding hydrogens is 531 g/mol. The van der Waals surface area contributed by atoms with E-state index < -0.39 is 53.9 Å². The summed E-state index contributed by atoms with van der Waals surface area (Å²) >= 11 is 0. The Morgan fingerprint density at radius 1 is 1.00 bits per heavy atom. The van der Waals surface area contributed by atoms with Gasteiger partial charge in [-0.2, -0.15) is 0 Å². The molecule has 1 heterocycles. The lowest BCUT2D eigenvalue weighted by molar-refractivity contribution is -0.146. The number of carboxylic acid groups (broad SMARTS) is 1. The third kappa shape index (κ3) is 7.44. The molecule has 12 nitrogen and oxygen atoms in total. The summed E-state index contributed by atoms with van der Waals surface area (Å²) in [5, 5.41) is 55.6. The minimum Gasteiger partial charge on any atom is -0.508 e. The van der Waals surface area contributed by atoms with Crippen molar-refractivity contribution >= 4 is 42.6 Å². The number of fused-ring (bicyclic) bond motifs is 5. The number of benzene rings is 2. The van der Waals surface area contributed by atoms with Crippen molar-refractivity contribution in [2.24, 2.45) is 11.5 Å². The first-order valence-electron chi connectivity index (χ1n) is 10.8. The minimum absolute atomic E-state index is 0. The highest BCUT2D eigenvalue weighted by Gasteiger charge is 2.35. The fourth-order valence-electron chi connectivity index (χ4n) is 3.82. The van der Waals surface area contributed by atoms with Crippen LogP contribution in [0.25, 0.3) is 11.1 Å². The van der Waals surface area contributed by atoms with Crippen LogP contribution in [0.1, 0.15) is 23.7 Å². The Morgan fingerprint density at radius 2 is 1.59 bits per heavy atom. The van der Waals surface area contributed by atoms with Crippen LogP contribution >= 0.6 is 24.8 Å². The number of hydrogen-bond acceptors (Lipinski definition) is 9. The van der Waals surface area contributed by atoms with Crippen LogP contribution in [0.3, 0.4) is 0 Å². The number of phenolic OH excluding ortho intramolecular Hbond substituents is 2. The van der Waals surface area contributed by atoms with Crippen molar-refractivity contribution in [3.63, 3.8) is 0 Å². The third-order valence-electron chi connectivity index (χ3n) is 5.83. The van der Waals surface area contributed by atoms with Gasteiger partial charge in [-0.25, -0.2) is 4.79 Å². The second-order valence-electron chi connectivity index (χ2n) is 8.38. The number of halogens is 2. The number of rotatable bonds is 4. The zero-order valence-corrected chi connectivity index (χ0v) is 21.0. The van der Waals surface area contributed by atoms with Crippen LogP contribution in [0.4, 0.5) is 0 Å². The number of carbonyl (C=O) groups excluding carboxylic acids is 2. The van der Waals surface area contributed by atoms with Crippen LogP contribution in [-0.2, 0) is 20.8 Å². The molecule has 0 spiro atoms. The van der Waals surface area contributed by atoms with Gasteiger partial charge in [0.05, 0.1) is 12.1 Å². The van der Waals surface area contributed by atoms with Crippen molar-refractivity contribution in [1.29, 1.82) is 0 Å². The van der Waals surface area contributed by atoms with Gasteiger partial charge in [0, 0.05) is 24.9 Å². The molecule has 3 rings (SSSR count). The molecule has 0 saturated heterocycles. The number of nitrogens with two attached hydrogens (primary N) is 2. The molecule has 0 saturated carbocycles. The van der Waals surface area contributed by atoms with Crippen LogP contribution in [0.5, 0.6) is 11.5 Å². The van der Waals surface area contributed by atoms with Crippen LogP contribution in [0.15, 0.2) is 36.4 Å². The number of aliphatic hydroxyl groups is 2. The van der Waals surface area contributed by atoms with Crippen LogP contribution < -0.4 is 22.1 Å². The van der Waals surface area contributed by atoms with E-state index in [-0.39, 0.29) is 55.5 Å². The van der Waals surface area contributed by atoms with Crippen LogP contribution in [-0.4, -0.2) is 74.1 Å². The molecular formula is C23H30Cl2N4O8. The van der Waals surface area contributed by atoms with Gasteiger partial charge in [0.15, 0.2) is 6.04 Å².